The van der Waals surface area contributed by atoms with Crippen molar-refractivity contribution in [3.05, 3.63) is 0 Å². The molecule has 0 aromatic carbocycles. The van der Waals surface area contributed by atoms with Crippen molar-refractivity contribution in [2.75, 3.05) is 0 Å². The molecule has 1 rings (SSSR count). The Morgan fingerprint density at radius 3 is 2.25 bits per heavy atom. The van der Waals surface area contributed by atoms with Crippen LogP contribution in [0.25, 0.3) is 0 Å². The molecule has 0 aromatic heterocycles. The number of rotatable bonds is 0. The van der Waals surface area contributed by atoms with Gasteiger partial charge in [-0.05, 0) is 12.8 Å². The Morgan fingerprint density at radius 2 is 1.88 bits per heavy atom. The zero-order chi connectivity index (χ0) is 5.98. The van der Waals surface area contributed by atoms with E-state index in [0.29, 0.717) is 6.42 Å². The lowest BCUT2D eigenvalue weighted by molar-refractivity contribution is 0.218. The number of hydrogen-bond donors (Lipinski definition) is 1. The van der Waals surface area contributed by atoms with Gasteiger partial charge in [-0.15, -0.1) is 0 Å². The number of nitrogens with two attached hydrogens (primary N) is 1. The maximum Gasteiger partial charge on any atom is 0.115 e. The summed E-state index contributed by atoms with van der Waals surface area (Å²) < 4.78 is 12.5. The third-order valence-electron chi connectivity index (χ3n) is 1.73. The lowest BCUT2D eigenvalue weighted by atomic mass is 9.95. The maximum atomic E-state index is 12.5. The van der Waals surface area contributed by atoms with Crippen molar-refractivity contribution in [3.8, 4) is 0 Å². The summed E-state index contributed by atoms with van der Waals surface area (Å²) in [4.78, 5) is 0. The van der Waals surface area contributed by atoms with Crippen LogP contribution in [0.5, 0.6) is 0 Å². The van der Waals surface area contributed by atoms with Crippen molar-refractivity contribution < 1.29 is 4.39 Å². The highest BCUT2D eigenvalue weighted by molar-refractivity contribution is 4.76. The summed E-state index contributed by atoms with van der Waals surface area (Å²) in [5.74, 6) is 0. The summed E-state index contributed by atoms with van der Waals surface area (Å²) in [6.07, 6.45) is 2.97. The first-order chi connectivity index (χ1) is 3.80. The lowest BCUT2D eigenvalue weighted by Gasteiger charge is -2.21. The zero-order valence-corrected chi connectivity index (χ0v) is 4.94. The Labute approximate surface area is 49.1 Å². The second kappa shape index (κ2) is 2.44. The van der Waals surface area contributed by atoms with Crippen molar-refractivity contribution in [1.82, 2.24) is 0 Å². The van der Waals surface area contributed by atoms with Crippen molar-refractivity contribution in [2.45, 2.75) is 37.9 Å². The molecule has 0 saturated heterocycles. The van der Waals surface area contributed by atoms with E-state index in [2.05, 4.69) is 0 Å². The van der Waals surface area contributed by atoms with Crippen LogP contribution in [0.2, 0.25) is 0 Å². The molecule has 1 nitrogen and oxygen atoms in total. The molecule has 2 N–H and O–H groups in total. The van der Waals surface area contributed by atoms with Crippen LogP contribution in [-0.4, -0.2) is 12.2 Å². The van der Waals surface area contributed by atoms with Crippen molar-refractivity contribution >= 4 is 0 Å². The standard InChI is InChI=1S/C6H12FN/c7-5-3-1-2-4-6(5)8/h5-6H,1-4,8H2/t5-,6?/m1/s1. The highest BCUT2D eigenvalue weighted by Crippen LogP contribution is 2.18. The minimum atomic E-state index is -0.719. The van der Waals surface area contributed by atoms with Gasteiger partial charge in [-0.25, -0.2) is 4.39 Å². The highest BCUT2D eigenvalue weighted by Gasteiger charge is 2.19. The molecule has 8 heavy (non-hydrogen) atoms. The van der Waals surface area contributed by atoms with Crippen LogP contribution in [-0.2, 0) is 0 Å². The Kier molecular flexibility index (Phi) is 1.84. The van der Waals surface area contributed by atoms with Gasteiger partial charge in [-0.2, -0.15) is 0 Å². The molecule has 1 unspecified atom stereocenters. The second-order valence-corrected chi connectivity index (χ2v) is 2.46. The van der Waals surface area contributed by atoms with Crippen LogP contribution in [0.4, 0.5) is 4.39 Å². The second-order valence-electron chi connectivity index (χ2n) is 2.46. The van der Waals surface area contributed by atoms with Crippen molar-refractivity contribution in [2.24, 2.45) is 5.73 Å². The van der Waals surface area contributed by atoms with E-state index in [9.17, 15) is 4.39 Å². The molecule has 0 heterocycles. The fraction of sp³-hybridized carbons (Fsp3) is 1.00. The first-order valence-electron chi connectivity index (χ1n) is 3.20. The van der Waals surface area contributed by atoms with E-state index in [1.165, 1.54) is 0 Å². The molecule has 0 aromatic rings. The van der Waals surface area contributed by atoms with Gasteiger partial charge in [0.15, 0.2) is 0 Å². The van der Waals surface area contributed by atoms with E-state index < -0.39 is 6.17 Å². The zero-order valence-electron chi connectivity index (χ0n) is 4.94. The van der Waals surface area contributed by atoms with Crippen LogP contribution in [0, 0.1) is 0 Å². The highest BCUT2D eigenvalue weighted by atomic mass is 19.1. The molecule has 2 heteroatoms. The molecular formula is C6H12FN. The Bertz CT molecular complexity index is 64.9. The van der Waals surface area contributed by atoms with E-state index in [0.717, 1.165) is 19.3 Å². The Balaban J connectivity index is 2.28. The van der Waals surface area contributed by atoms with Gasteiger partial charge in [0.25, 0.3) is 0 Å². The van der Waals surface area contributed by atoms with Crippen LogP contribution < -0.4 is 5.73 Å². The quantitative estimate of drug-likeness (QED) is 0.507. The van der Waals surface area contributed by atoms with Crippen molar-refractivity contribution in [3.63, 3.8) is 0 Å². The van der Waals surface area contributed by atoms with Gasteiger partial charge >= 0.3 is 0 Å². The molecule has 0 bridgehead atoms. The topological polar surface area (TPSA) is 26.0 Å². The maximum absolute atomic E-state index is 12.5. The molecular weight excluding hydrogens is 105 g/mol. The van der Waals surface area contributed by atoms with E-state index in [1.54, 1.807) is 0 Å². The molecule has 0 aliphatic heterocycles. The average Bonchev–Trinajstić information content (AvgIpc) is 1.77. The van der Waals surface area contributed by atoms with Gasteiger partial charge < -0.3 is 5.73 Å². The van der Waals surface area contributed by atoms with E-state index in [1.807, 2.05) is 0 Å². The summed E-state index contributed by atoms with van der Waals surface area (Å²) in [7, 11) is 0. The number of alkyl halides is 1. The van der Waals surface area contributed by atoms with Gasteiger partial charge in [0.05, 0.1) is 0 Å². The molecule has 1 aliphatic rings. The van der Waals surface area contributed by atoms with Crippen LogP contribution in [0.15, 0.2) is 0 Å². The molecule has 0 radical (unpaired) electrons. The number of halogens is 1. The summed E-state index contributed by atoms with van der Waals surface area (Å²) in [5, 5.41) is 0. The van der Waals surface area contributed by atoms with E-state index >= 15 is 0 Å². The number of hydrogen-bond acceptors (Lipinski definition) is 1. The molecule has 1 saturated carbocycles. The first kappa shape index (κ1) is 6.02. The summed E-state index contributed by atoms with van der Waals surface area (Å²) >= 11 is 0. The largest absolute Gasteiger partial charge is 0.325 e. The lowest BCUT2D eigenvalue weighted by Crippen LogP contribution is -2.34. The normalized spacial score (nSPS) is 39.8. The van der Waals surface area contributed by atoms with Gasteiger partial charge in [-0.3, -0.25) is 0 Å². The van der Waals surface area contributed by atoms with E-state index in [4.69, 9.17) is 5.73 Å². The van der Waals surface area contributed by atoms with Crippen LogP contribution in [0.1, 0.15) is 25.7 Å². The molecule has 1 aliphatic carbocycles. The monoisotopic (exact) mass is 117 g/mol. The fourth-order valence-corrected chi connectivity index (χ4v) is 1.11. The first-order valence-corrected chi connectivity index (χ1v) is 3.20. The van der Waals surface area contributed by atoms with Gasteiger partial charge in [0.1, 0.15) is 6.17 Å². The Morgan fingerprint density at radius 1 is 1.25 bits per heavy atom. The smallest absolute Gasteiger partial charge is 0.115 e. The van der Waals surface area contributed by atoms with Gasteiger partial charge in [0.2, 0.25) is 0 Å². The van der Waals surface area contributed by atoms with Gasteiger partial charge in [-0.1, -0.05) is 12.8 Å². The van der Waals surface area contributed by atoms with E-state index in [-0.39, 0.29) is 6.04 Å². The molecule has 2 atom stereocenters. The average molecular weight is 117 g/mol. The summed E-state index contributed by atoms with van der Waals surface area (Å²) in [6, 6.07) is -0.163. The van der Waals surface area contributed by atoms with Gasteiger partial charge in [0, 0.05) is 6.04 Å². The third-order valence-corrected chi connectivity index (χ3v) is 1.73. The Hall–Kier alpha value is -0.110. The fourth-order valence-electron chi connectivity index (χ4n) is 1.11. The summed E-state index contributed by atoms with van der Waals surface area (Å²) in [6.45, 7) is 0. The molecule has 1 fully saturated rings. The SMILES string of the molecule is NC1CCCC[C@H]1F. The molecule has 48 valence electrons. The minimum Gasteiger partial charge on any atom is -0.325 e. The third kappa shape index (κ3) is 1.19. The molecule has 0 spiro atoms. The summed E-state index contributed by atoms with van der Waals surface area (Å²) in [5.41, 5.74) is 5.40. The minimum absolute atomic E-state index is 0.163. The van der Waals surface area contributed by atoms with Crippen molar-refractivity contribution in [1.29, 1.82) is 0 Å². The van der Waals surface area contributed by atoms with Crippen LogP contribution in [0.3, 0.4) is 0 Å². The predicted octanol–water partition coefficient (Wildman–Crippen LogP) is 1.23. The predicted molar refractivity (Wildman–Crippen MR) is 31.3 cm³/mol. The van der Waals surface area contributed by atoms with Crippen LogP contribution >= 0.6 is 0 Å². The molecule has 0 amide bonds.